The Balaban J connectivity index is 2.43. The summed E-state index contributed by atoms with van der Waals surface area (Å²) in [5.74, 6) is 0.359. The van der Waals surface area contributed by atoms with E-state index in [0.717, 1.165) is 5.56 Å². The van der Waals surface area contributed by atoms with Crippen molar-refractivity contribution < 1.29 is 9.72 Å². The zero-order valence-electron chi connectivity index (χ0n) is 11.0. The molecule has 1 aromatic rings. The highest BCUT2D eigenvalue weighted by molar-refractivity contribution is 6.14. The van der Waals surface area contributed by atoms with E-state index in [1.165, 1.54) is 12.1 Å². The standard InChI is InChI=1S/C13H15N3O3/c1-7(2)11-13(17)15-12(14-11)10-6-9(16(18)19)5-4-8(10)3/h4-7,11H,1-3H3,(H,14,15,17). The van der Waals surface area contributed by atoms with Crippen LogP contribution in [0.2, 0.25) is 0 Å². The summed E-state index contributed by atoms with van der Waals surface area (Å²) in [6, 6.07) is 4.12. The Morgan fingerprint density at radius 1 is 1.42 bits per heavy atom. The molecule has 19 heavy (non-hydrogen) atoms. The van der Waals surface area contributed by atoms with Gasteiger partial charge < -0.3 is 5.32 Å². The number of amidine groups is 1. The lowest BCUT2D eigenvalue weighted by molar-refractivity contribution is -0.384. The SMILES string of the molecule is Cc1ccc([N+](=O)[O-])cc1C1=NC(C(C)C)C(=O)N1. The zero-order chi connectivity index (χ0) is 14.2. The number of hydrogen-bond donors (Lipinski definition) is 1. The van der Waals surface area contributed by atoms with Crippen LogP contribution >= 0.6 is 0 Å². The normalized spacial score (nSPS) is 18.4. The Kier molecular flexibility index (Phi) is 3.33. The molecule has 1 unspecified atom stereocenters. The molecule has 1 amide bonds. The van der Waals surface area contributed by atoms with Crippen molar-refractivity contribution in [3.8, 4) is 0 Å². The van der Waals surface area contributed by atoms with Crippen molar-refractivity contribution in [2.45, 2.75) is 26.8 Å². The highest BCUT2D eigenvalue weighted by Gasteiger charge is 2.30. The minimum absolute atomic E-state index is 0.00875. The largest absolute Gasteiger partial charge is 0.309 e. The van der Waals surface area contributed by atoms with Crippen LogP contribution in [0.25, 0.3) is 0 Å². The fourth-order valence-corrected chi connectivity index (χ4v) is 1.99. The second-order valence-electron chi connectivity index (χ2n) is 4.91. The van der Waals surface area contributed by atoms with Crippen molar-refractivity contribution in [3.05, 3.63) is 39.4 Å². The molecule has 0 spiro atoms. The van der Waals surface area contributed by atoms with Gasteiger partial charge in [-0.3, -0.25) is 19.9 Å². The summed E-state index contributed by atoms with van der Waals surface area (Å²) >= 11 is 0. The zero-order valence-corrected chi connectivity index (χ0v) is 11.0. The smallest absolute Gasteiger partial charge is 0.270 e. The molecule has 0 radical (unpaired) electrons. The molecule has 0 bridgehead atoms. The summed E-state index contributed by atoms with van der Waals surface area (Å²) < 4.78 is 0. The fourth-order valence-electron chi connectivity index (χ4n) is 1.99. The van der Waals surface area contributed by atoms with Crippen LogP contribution in [0.5, 0.6) is 0 Å². The van der Waals surface area contributed by atoms with Gasteiger partial charge in [0.2, 0.25) is 0 Å². The molecule has 0 saturated carbocycles. The van der Waals surface area contributed by atoms with Gasteiger partial charge in [-0.1, -0.05) is 19.9 Å². The minimum Gasteiger partial charge on any atom is -0.309 e. The third kappa shape index (κ3) is 2.47. The van der Waals surface area contributed by atoms with Crippen molar-refractivity contribution in [2.24, 2.45) is 10.9 Å². The fraction of sp³-hybridized carbons (Fsp3) is 0.385. The van der Waals surface area contributed by atoms with Gasteiger partial charge in [0, 0.05) is 17.7 Å². The van der Waals surface area contributed by atoms with E-state index in [9.17, 15) is 14.9 Å². The maximum Gasteiger partial charge on any atom is 0.270 e. The molecule has 1 N–H and O–H groups in total. The van der Waals surface area contributed by atoms with Gasteiger partial charge in [-0.2, -0.15) is 0 Å². The maximum atomic E-state index is 11.8. The number of non-ortho nitro benzene ring substituents is 1. The molecule has 2 rings (SSSR count). The van der Waals surface area contributed by atoms with Crippen molar-refractivity contribution in [1.29, 1.82) is 0 Å². The molecule has 6 nitrogen and oxygen atoms in total. The number of aryl methyl sites for hydroxylation is 1. The monoisotopic (exact) mass is 261 g/mol. The Labute approximate surface area is 110 Å². The van der Waals surface area contributed by atoms with Crippen LogP contribution in [0.1, 0.15) is 25.0 Å². The number of nitro benzene ring substituents is 1. The van der Waals surface area contributed by atoms with E-state index < -0.39 is 11.0 Å². The minimum atomic E-state index is -0.458. The lowest BCUT2D eigenvalue weighted by Crippen LogP contribution is -2.31. The first kappa shape index (κ1) is 13.2. The molecule has 0 fully saturated rings. The summed E-state index contributed by atoms with van der Waals surface area (Å²) in [4.78, 5) is 26.4. The van der Waals surface area contributed by atoms with E-state index in [1.807, 2.05) is 20.8 Å². The first-order valence-corrected chi connectivity index (χ1v) is 6.04. The summed E-state index contributed by atoms with van der Waals surface area (Å²) in [6.45, 7) is 5.66. The second kappa shape index (κ2) is 4.79. The van der Waals surface area contributed by atoms with E-state index in [-0.39, 0.29) is 17.5 Å². The quantitative estimate of drug-likeness (QED) is 0.665. The van der Waals surface area contributed by atoms with E-state index in [2.05, 4.69) is 10.3 Å². The number of benzene rings is 1. The summed E-state index contributed by atoms with van der Waals surface area (Å²) in [7, 11) is 0. The van der Waals surface area contributed by atoms with Crippen LogP contribution in [0.4, 0.5) is 5.69 Å². The van der Waals surface area contributed by atoms with Gasteiger partial charge in [0.25, 0.3) is 11.6 Å². The Morgan fingerprint density at radius 3 is 2.63 bits per heavy atom. The predicted octanol–water partition coefficient (Wildman–Crippen LogP) is 1.80. The highest BCUT2D eigenvalue weighted by atomic mass is 16.6. The number of nitrogens with zero attached hydrogens (tertiary/aromatic N) is 2. The molecule has 0 aliphatic carbocycles. The van der Waals surface area contributed by atoms with E-state index >= 15 is 0 Å². The molecule has 1 aromatic carbocycles. The van der Waals surface area contributed by atoms with Crippen molar-refractivity contribution >= 4 is 17.4 Å². The molecular weight excluding hydrogens is 246 g/mol. The van der Waals surface area contributed by atoms with Gasteiger partial charge in [0.05, 0.1) is 4.92 Å². The molecule has 0 aromatic heterocycles. The van der Waals surface area contributed by atoms with Gasteiger partial charge in [-0.15, -0.1) is 0 Å². The first-order chi connectivity index (χ1) is 8.90. The molecule has 1 aliphatic heterocycles. The van der Waals surface area contributed by atoms with Gasteiger partial charge in [0.1, 0.15) is 11.9 Å². The van der Waals surface area contributed by atoms with Crippen LogP contribution in [0.3, 0.4) is 0 Å². The molecular formula is C13H15N3O3. The number of carbonyl (C=O) groups is 1. The van der Waals surface area contributed by atoms with Gasteiger partial charge in [-0.25, -0.2) is 0 Å². The molecule has 0 saturated heterocycles. The molecule has 6 heteroatoms. The summed E-state index contributed by atoms with van der Waals surface area (Å²) in [6.07, 6.45) is 0. The molecule has 1 atom stereocenters. The van der Waals surface area contributed by atoms with E-state index in [1.54, 1.807) is 6.07 Å². The van der Waals surface area contributed by atoms with Crippen LogP contribution in [0, 0.1) is 23.0 Å². The third-order valence-corrected chi connectivity index (χ3v) is 3.10. The van der Waals surface area contributed by atoms with E-state index in [0.29, 0.717) is 11.4 Å². The maximum absolute atomic E-state index is 11.8. The number of nitrogens with one attached hydrogen (secondary N) is 1. The lowest BCUT2D eigenvalue weighted by Gasteiger charge is -2.06. The molecule has 1 heterocycles. The number of hydrogen-bond acceptors (Lipinski definition) is 4. The van der Waals surface area contributed by atoms with E-state index in [4.69, 9.17) is 0 Å². The van der Waals surface area contributed by atoms with Gasteiger partial charge in [-0.05, 0) is 18.4 Å². The Hall–Kier alpha value is -2.24. The summed E-state index contributed by atoms with van der Waals surface area (Å²) in [5.41, 5.74) is 1.44. The first-order valence-electron chi connectivity index (χ1n) is 6.04. The number of nitro groups is 1. The summed E-state index contributed by atoms with van der Waals surface area (Å²) in [5, 5.41) is 13.5. The number of rotatable bonds is 3. The molecule has 1 aliphatic rings. The lowest BCUT2D eigenvalue weighted by atomic mass is 10.1. The Morgan fingerprint density at radius 2 is 2.11 bits per heavy atom. The van der Waals surface area contributed by atoms with Crippen molar-refractivity contribution in [3.63, 3.8) is 0 Å². The Bertz CT molecular complexity index is 578. The third-order valence-electron chi connectivity index (χ3n) is 3.10. The topological polar surface area (TPSA) is 84.6 Å². The second-order valence-corrected chi connectivity index (χ2v) is 4.91. The average molecular weight is 261 g/mol. The van der Waals surface area contributed by atoms with Crippen molar-refractivity contribution in [2.75, 3.05) is 0 Å². The highest BCUT2D eigenvalue weighted by Crippen LogP contribution is 2.21. The average Bonchev–Trinajstić information content (AvgIpc) is 2.71. The molecule has 100 valence electrons. The number of carbonyl (C=O) groups excluding carboxylic acids is 1. The number of amides is 1. The van der Waals surface area contributed by atoms with Gasteiger partial charge in [0.15, 0.2) is 0 Å². The van der Waals surface area contributed by atoms with Crippen LogP contribution in [-0.2, 0) is 4.79 Å². The van der Waals surface area contributed by atoms with Crippen molar-refractivity contribution in [1.82, 2.24) is 5.32 Å². The van der Waals surface area contributed by atoms with Gasteiger partial charge >= 0.3 is 0 Å². The van der Waals surface area contributed by atoms with Crippen LogP contribution < -0.4 is 5.32 Å². The van der Waals surface area contributed by atoms with Crippen LogP contribution in [0.15, 0.2) is 23.2 Å². The predicted molar refractivity (Wildman–Crippen MR) is 71.1 cm³/mol. The van der Waals surface area contributed by atoms with Crippen LogP contribution in [-0.4, -0.2) is 22.7 Å². The number of aliphatic imine (C=N–C) groups is 1.